The molecule has 2 aliphatic rings. The number of aliphatic carboxylic acids is 1. The van der Waals surface area contributed by atoms with Gasteiger partial charge in [0.2, 0.25) is 5.91 Å². The summed E-state index contributed by atoms with van der Waals surface area (Å²) in [5.41, 5.74) is 0. The van der Waals surface area contributed by atoms with Crippen molar-refractivity contribution in [1.29, 1.82) is 0 Å². The number of hydrogen-bond acceptors (Lipinski definition) is 3. The molecule has 2 rings (SSSR count). The van der Waals surface area contributed by atoms with Gasteiger partial charge in [0.1, 0.15) is 0 Å². The highest BCUT2D eigenvalue weighted by molar-refractivity contribution is 5.87. The van der Waals surface area contributed by atoms with Crippen LogP contribution < -0.4 is 0 Å². The molecule has 0 radical (unpaired) electrons. The Balaban J connectivity index is 2.04. The van der Waals surface area contributed by atoms with Gasteiger partial charge in [-0.3, -0.25) is 4.79 Å². The third-order valence-corrected chi connectivity index (χ3v) is 3.12. The highest BCUT2D eigenvalue weighted by atomic mass is 16.5. The summed E-state index contributed by atoms with van der Waals surface area (Å²) in [7, 11) is 0. The van der Waals surface area contributed by atoms with Crippen LogP contribution in [0.1, 0.15) is 13.3 Å². The SMILES string of the molecule is CC1CC1C(=O)N1CCOCC1C(=O)O. The summed E-state index contributed by atoms with van der Waals surface area (Å²) in [5, 5.41) is 8.95. The molecule has 1 aliphatic heterocycles. The summed E-state index contributed by atoms with van der Waals surface area (Å²) >= 11 is 0. The highest BCUT2D eigenvalue weighted by Gasteiger charge is 2.45. The lowest BCUT2D eigenvalue weighted by Crippen LogP contribution is -2.53. The largest absolute Gasteiger partial charge is 0.480 e. The first-order chi connectivity index (χ1) is 7.11. The van der Waals surface area contributed by atoms with Gasteiger partial charge in [0, 0.05) is 12.5 Å². The van der Waals surface area contributed by atoms with E-state index < -0.39 is 12.0 Å². The monoisotopic (exact) mass is 213 g/mol. The molecule has 1 amide bonds. The van der Waals surface area contributed by atoms with Crippen molar-refractivity contribution >= 4 is 11.9 Å². The van der Waals surface area contributed by atoms with Crippen molar-refractivity contribution in [3.8, 4) is 0 Å². The molecule has 0 aromatic carbocycles. The number of carboxylic acids is 1. The quantitative estimate of drug-likeness (QED) is 0.698. The molecule has 15 heavy (non-hydrogen) atoms. The summed E-state index contributed by atoms with van der Waals surface area (Å²) < 4.78 is 5.08. The summed E-state index contributed by atoms with van der Waals surface area (Å²) in [6.45, 7) is 2.97. The molecule has 5 heteroatoms. The fraction of sp³-hybridized carbons (Fsp3) is 0.800. The minimum Gasteiger partial charge on any atom is -0.480 e. The van der Waals surface area contributed by atoms with Crippen molar-refractivity contribution in [2.75, 3.05) is 19.8 Å². The van der Waals surface area contributed by atoms with E-state index in [2.05, 4.69) is 0 Å². The van der Waals surface area contributed by atoms with E-state index in [9.17, 15) is 9.59 Å². The second kappa shape index (κ2) is 3.81. The summed E-state index contributed by atoms with van der Waals surface area (Å²) in [6, 6.07) is -0.793. The zero-order valence-corrected chi connectivity index (χ0v) is 8.68. The van der Waals surface area contributed by atoms with Crippen LogP contribution in [-0.4, -0.2) is 47.7 Å². The second-order valence-corrected chi connectivity index (χ2v) is 4.28. The van der Waals surface area contributed by atoms with Crippen molar-refractivity contribution in [3.63, 3.8) is 0 Å². The maximum atomic E-state index is 11.9. The summed E-state index contributed by atoms with van der Waals surface area (Å²) in [4.78, 5) is 24.3. The maximum Gasteiger partial charge on any atom is 0.328 e. The van der Waals surface area contributed by atoms with Crippen molar-refractivity contribution < 1.29 is 19.4 Å². The van der Waals surface area contributed by atoms with Gasteiger partial charge < -0.3 is 14.7 Å². The molecule has 1 heterocycles. The summed E-state index contributed by atoms with van der Waals surface area (Å²) in [6.07, 6.45) is 0.891. The van der Waals surface area contributed by atoms with Gasteiger partial charge in [-0.15, -0.1) is 0 Å². The number of carboxylic acid groups (broad SMARTS) is 1. The number of amides is 1. The zero-order valence-electron chi connectivity index (χ0n) is 8.68. The van der Waals surface area contributed by atoms with E-state index in [1.54, 1.807) is 0 Å². The van der Waals surface area contributed by atoms with Crippen LogP contribution in [0.3, 0.4) is 0 Å². The van der Waals surface area contributed by atoms with Crippen LogP contribution in [0.5, 0.6) is 0 Å². The fourth-order valence-corrected chi connectivity index (χ4v) is 1.95. The van der Waals surface area contributed by atoms with Crippen molar-refractivity contribution in [1.82, 2.24) is 4.90 Å². The van der Waals surface area contributed by atoms with E-state index in [4.69, 9.17) is 9.84 Å². The van der Waals surface area contributed by atoms with Crippen molar-refractivity contribution in [2.24, 2.45) is 11.8 Å². The number of ether oxygens (including phenoxy) is 1. The Morgan fingerprint density at radius 3 is 2.67 bits per heavy atom. The van der Waals surface area contributed by atoms with E-state index in [1.165, 1.54) is 4.90 Å². The van der Waals surface area contributed by atoms with Gasteiger partial charge in [-0.1, -0.05) is 6.92 Å². The smallest absolute Gasteiger partial charge is 0.328 e. The lowest BCUT2D eigenvalue weighted by atomic mass is 10.2. The molecule has 5 nitrogen and oxygen atoms in total. The maximum absolute atomic E-state index is 11.9. The standard InChI is InChI=1S/C10H15NO4/c1-6-4-7(6)9(12)11-2-3-15-5-8(11)10(13)14/h6-8H,2-5H2,1H3,(H,13,14). The van der Waals surface area contributed by atoms with Gasteiger partial charge in [-0.05, 0) is 12.3 Å². The molecule has 1 N–H and O–H groups in total. The van der Waals surface area contributed by atoms with Crippen LogP contribution in [0.2, 0.25) is 0 Å². The van der Waals surface area contributed by atoms with Gasteiger partial charge in [0.05, 0.1) is 13.2 Å². The first kappa shape index (κ1) is 10.4. The van der Waals surface area contributed by atoms with E-state index in [1.807, 2.05) is 6.92 Å². The average molecular weight is 213 g/mol. The van der Waals surface area contributed by atoms with Gasteiger partial charge in [-0.25, -0.2) is 4.79 Å². The zero-order chi connectivity index (χ0) is 11.0. The number of carbonyl (C=O) groups is 2. The third kappa shape index (κ3) is 1.97. The molecule has 1 saturated heterocycles. The van der Waals surface area contributed by atoms with Crippen LogP contribution in [-0.2, 0) is 14.3 Å². The molecule has 84 valence electrons. The van der Waals surface area contributed by atoms with E-state index in [0.717, 1.165) is 6.42 Å². The molecule has 0 aromatic rings. The Kier molecular flexibility index (Phi) is 2.65. The first-order valence-electron chi connectivity index (χ1n) is 5.22. The minimum absolute atomic E-state index is 0.0156. The fourth-order valence-electron chi connectivity index (χ4n) is 1.95. The predicted octanol–water partition coefficient (Wildman–Crippen LogP) is -0.0456. The molecule has 1 aliphatic carbocycles. The lowest BCUT2D eigenvalue weighted by Gasteiger charge is -2.33. The lowest BCUT2D eigenvalue weighted by molar-refractivity contribution is -0.159. The molecular formula is C10H15NO4. The molecular weight excluding hydrogens is 198 g/mol. The Bertz CT molecular complexity index is 291. The van der Waals surface area contributed by atoms with E-state index >= 15 is 0 Å². The number of carbonyl (C=O) groups excluding carboxylic acids is 1. The summed E-state index contributed by atoms with van der Waals surface area (Å²) in [5.74, 6) is -0.533. The van der Waals surface area contributed by atoms with Crippen LogP contribution in [0.15, 0.2) is 0 Å². The molecule has 3 atom stereocenters. The number of hydrogen-bond donors (Lipinski definition) is 1. The predicted molar refractivity (Wildman–Crippen MR) is 51.2 cm³/mol. The molecule has 2 fully saturated rings. The van der Waals surface area contributed by atoms with Gasteiger partial charge in [0.25, 0.3) is 0 Å². The topological polar surface area (TPSA) is 66.8 Å². The van der Waals surface area contributed by atoms with Crippen LogP contribution >= 0.6 is 0 Å². The van der Waals surface area contributed by atoms with E-state index in [-0.39, 0.29) is 18.4 Å². The number of nitrogens with zero attached hydrogens (tertiary/aromatic N) is 1. The number of morpholine rings is 1. The highest BCUT2D eigenvalue weighted by Crippen LogP contribution is 2.39. The van der Waals surface area contributed by atoms with Gasteiger partial charge in [-0.2, -0.15) is 0 Å². The minimum atomic E-state index is -0.976. The Morgan fingerprint density at radius 1 is 1.47 bits per heavy atom. The van der Waals surface area contributed by atoms with Crippen LogP contribution in [0, 0.1) is 11.8 Å². The van der Waals surface area contributed by atoms with E-state index in [0.29, 0.717) is 19.1 Å². The molecule has 0 bridgehead atoms. The second-order valence-electron chi connectivity index (χ2n) is 4.28. The van der Waals surface area contributed by atoms with Crippen molar-refractivity contribution in [2.45, 2.75) is 19.4 Å². The van der Waals surface area contributed by atoms with Crippen molar-refractivity contribution in [3.05, 3.63) is 0 Å². The Morgan fingerprint density at radius 2 is 2.13 bits per heavy atom. The molecule has 1 saturated carbocycles. The number of rotatable bonds is 2. The molecule has 0 spiro atoms. The van der Waals surface area contributed by atoms with Crippen LogP contribution in [0.4, 0.5) is 0 Å². The third-order valence-electron chi connectivity index (χ3n) is 3.12. The Hall–Kier alpha value is -1.10. The molecule has 0 aromatic heterocycles. The average Bonchev–Trinajstić information content (AvgIpc) is 2.94. The van der Waals surface area contributed by atoms with Gasteiger partial charge in [0.15, 0.2) is 6.04 Å². The van der Waals surface area contributed by atoms with Crippen LogP contribution in [0.25, 0.3) is 0 Å². The molecule has 3 unspecified atom stereocenters. The first-order valence-corrected chi connectivity index (χ1v) is 5.22. The Labute approximate surface area is 88.0 Å². The van der Waals surface area contributed by atoms with Gasteiger partial charge >= 0.3 is 5.97 Å². The normalized spacial score (nSPS) is 35.0.